The third kappa shape index (κ3) is 3.57. The van der Waals surface area contributed by atoms with Crippen LogP contribution in [-0.4, -0.2) is 32.4 Å². The number of hydrogen-bond donors (Lipinski definition) is 0. The Kier molecular flexibility index (Phi) is 5.21. The molecule has 4 heteroatoms. The van der Waals surface area contributed by atoms with Crippen molar-refractivity contribution < 1.29 is 14.3 Å². The predicted molar refractivity (Wildman–Crippen MR) is 60.6 cm³/mol. The van der Waals surface area contributed by atoms with E-state index in [1.807, 2.05) is 24.3 Å². The third-order valence-electron chi connectivity index (χ3n) is 1.93. The second kappa shape index (κ2) is 6.48. The lowest BCUT2D eigenvalue weighted by molar-refractivity contribution is -0.115. The summed E-state index contributed by atoms with van der Waals surface area (Å²) < 4.78 is 10.2. The molecule has 3 nitrogen and oxygen atoms in total. The third-order valence-corrected chi connectivity index (χ3v) is 3.07. The molecule has 0 saturated carbocycles. The van der Waals surface area contributed by atoms with Gasteiger partial charge in [-0.1, -0.05) is 12.1 Å². The average Bonchev–Trinajstić information content (AvgIpc) is 2.31. The molecular formula is C11H14O3S. The molecule has 0 aliphatic rings. The van der Waals surface area contributed by atoms with Crippen LogP contribution in [0.2, 0.25) is 0 Å². The largest absolute Gasteiger partial charge is 0.496 e. The molecule has 0 bridgehead atoms. The van der Waals surface area contributed by atoms with E-state index >= 15 is 0 Å². The molecule has 0 aliphatic heterocycles. The molecule has 0 saturated heterocycles. The van der Waals surface area contributed by atoms with E-state index in [2.05, 4.69) is 0 Å². The molecule has 0 spiro atoms. The molecular weight excluding hydrogens is 212 g/mol. The fourth-order valence-electron chi connectivity index (χ4n) is 1.07. The summed E-state index contributed by atoms with van der Waals surface area (Å²) in [4.78, 5) is 11.6. The van der Waals surface area contributed by atoms with Crippen LogP contribution in [-0.2, 0) is 9.53 Å². The van der Waals surface area contributed by atoms with Gasteiger partial charge in [-0.3, -0.25) is 0 Å². The van der Waals surface area contributed by atoms with Crippen LogP contribution in [0.4, 0.5) is 0 Å². The Hall–Kier alpha value is -1.00. The number of aldehydes is 1. The summed E-state index contributed by atoms with van der Waals surface area (Å²) in [6.07, 6.45) is 0.447. The zero-order valence-electron chi connectivity index (χ0n) is 8.80. The molecule has 0 heterocycles. The first-order chi connectivity index (χ1) is 7.31. The lowest BCUT2D eigenvalue weighted by Gasteiger charge is -2.10. The molecule has 15 heavy (non-hydrogen) atoms. The van der Waals surface area contributed by atoms with Crippen LogP contribution in [0, 0.1) is 0 Å². The first-order valence-corrected chi connectivity index (χ1v) is 5.54. The van der Waals surface area contributed by atoms with E-state index in [-0.39, 0.29) is 6.10 Å². The predicted octanol–water partition coefficient (Wildman–Crippen LogP) is 2.00. The van der Waals surface area contributed by atoms with Crippen molar-refractivity contribution in [2.45, 2.75) is 11.0 Å². The minimum absolute atomic E-state index is 0.361. The lowest BCUT2D eigenvalue weighted by atomic mass is 10.3. The van der Waals surface area contributed by atoms with Crippen LogP contribution in [0.5, 0.6) is 5.75 Å². The van der Waals surface area contributed by atoms with Gasteiger partial charge in [0.15, 0.2) is 0 Å². The van der Waals surface area contributed by atoms with E-state index in [0.717, 1.165) is 16.9 Å². The first kappa shape index (κ1) is 12.1. The van der Waals surface area contributed by atoms with Gasteiger partial charge in [0.2, 0.25) is 0 Å². The lowest BCUT2D eigenvalue weighted by Crippen LogP contribution is -2.14. The van der Waals surface area contributed by atoms with Crippen molar-refractivity contribution in [2.24, 2.45) is 0 Å². The van der Waals surface area contributed by atoms with Crippen molar-refractivity contribution in [1.82, 2.24) is 0 Å². The molecule has 1 aromatic rings. The van der Waals surface area contributed by atoms with Crippen molar-refractivity contribution in [3.63, 3.8) is 0 Å². The topological polar surface area (TPSA) is 35.5 Å². The fourth-order valence-corrected chi connectivity index (χ4v) is 2.10. The van der Waals surface area contributed by atoms with Crippen LogP contribution in [0.1, 0.15) is 0 Å². The van der Waals surface area contributed by atoms with Gasteiger partial charge in [0.1, 0.15) is 18.1 Å². The highest BCUT2D eigenvalue weighted by Crippen LogP contribution is 2.29. The monoisotopic (exact) mass is 226 g/mol. The Morgan fingerprint density at radius 1 is 1.40 bits per heavy atom. The SMILES string of the molecule is COc1ccccc1SC[C@@H](C=O)OC. The van der Waals surface area contributed by atoms with Crippen LogP contribution < -0.4 is 4.74 Å². The van der Waals surface area contributed by atoms with Gasteiger partial charge in [-0.25, -0.2) is 0 Å². The quantitative estimate of drug-likeness (QED) is 0.549. The van der Waals surface area contributed by atoms with Crippen LogP contribution in [0.25, 0.3) is 0 Å². The number of ether oxygens (including phenoxy) is 2. The van der Waals surface area contributed by atoms with Crippen molar-refractivity contribution in [2.75, 3.05) is 20.0 Å². The van der Waals surface area contributed by atoms with Crippen LogP contribution in [0.3, 0.4) is 0 Å². The minimum Gasteiger partial charge on any atom is -0.496 e. The smallest absolute Gasteiger partial charge is 0.149 e. The van der Waals surface area contributed by atoms with E-state index in [0.29, 0.717) is 5.75 Å². The summed E-state index contributed by atoms with van der Waals surface area (Å²) in [7, 11) is 3.16. The number of methoxy groups -OCH3 is 2. The zero-order valence-corrected chi connectivity index (χ0v) is 9.62. The van der Waals surface area contributed by atoms with Crippen molar-refractivity contribution >= 4 is 18.0 Å². The summed E-state index contributed by atoms with van der Waals surface area (Å²) in [5.41, 5.74) is 0. The highest BCUT2D eigenvalue weighted by atomic mass is 32.2. The molecule has 0 aliphatic carbocycles. The number of thioether (sulfide) groups is 1. The van der Waals surface area contributed by atoms with Gasteiger partial charge in [0.25, 0.3) is 0 Å². The van der Waals surface area contributed by atoms with E-state index in [1.54, 1.807) is 18.9 Å². The van der Waals surface area contributed by atoms with E-state index in [9.17, 15) is 4.79 Å². The Bertz CT molecular complexity index is 314. The van der Waals surface area contributed by atoms with Crippen LogP contribution in [0.15, 0.2) is 29.2 Å². The van der Waals surface area contributed by atoms with E-state index in [1.165, 1.54) is 7.11 Å². The van der Waals surface area contributed by atoms with Gasteiger partial charge in [0, 0.05) is 17.8 Å². The maximum atomic E-state index is 10.5. The summed E-state index contributed by atoms with van der Waals surface area (Å²) in [5, 5.41) is 0. The standard InChI is InChI=1S/C11H14O3S/c1-13-9(7-12)8-15-11-6-4-3-5-10(11)14-2/h3-7,9H,8H2,1-2H3/t9-/m1/s1. The minimum atomic E-state index is -0.361. The van der Waals surface area contributed by atoms with Gasteiger partial charge in [-0.2, -0.15) is 0 Å². The van der Waals surface area contributed by atoms with Gasteiger partial charge < -0.3 is 14.3 Å². The number of rotatable bonds is 6. The Balaban J connectivity index is 2.60. The normalized spacial score (nSPS) is 12.1. The van der Waals surface area contributed by atoms with Crippen molar-refractivity contribution in [1.29, 1.82) is 0 Å². The molecule has 1 aromatic carbocycles. The number of benzene rings is 1. The number of hydrogen-bond acceptors (Lipinski definition) is 4. The van der Waals surface area contributed by atoms with E-state index in [4.69, 9.17) is 9.47 Å². The molecule has 0 aromatic heterocycles. The fraction of sp³-hybridized carbons (Fsp3) is 0.364. The Labute approximate surface area is 93.8 Å². The van der Waals surface area contributed by atoms with Crippen molar-refractivity contribution in [3.8, 4) is 5.75 Å². The molecule has 0 fully saturated rings. The van der Waals surface area contributed by atoms with Gasteiger partial charge >= 0.3 is 0 Å². The van der Waals surface area contributed by atoms with Gasteiger partial charge in [-0.15, -0.1) is 11.8 Å². The Morgan fingerprint density at radius 3 is 2.73 bits per heavy atom. The Morgan fingerprint density at radius 2 is 2.13 bits per heavy atom. The zero-order chi connectivity index (χ0) is 11.1. The highest BCUT2D eigenvalue weighted by molar-refractivity contribution is 7.99. The van der Waals surface area contributed by atoms with Crippen molar-refractivity contribution in [3.05, 3.63) is 24.3 Å². The molecule has 0 radical (unpaired) electrons. The van der Waals surface area contributed by atoms with E-state index < -0.39 is 0 Å². The number of carbonyl (C=O) groups is 1. The molecule has 82 valence electrons. The van der Waals surface area contributed by atoms with Gasteiger partial charge in [-0.05, 0) is 12.1 Å². The summed E-state index contributed by atoms with van der Waals surface area (Å²) in [5.74, 6) is 1.42. The molecule has 0 amide bonds. The highest BCUT2D eigenvalue weighted by Gasteiger charge is 2.08. The maximum absolute atomic E-state index is 10.5. The second-order valence-electron chi connectivity index (χ2n) is 2.87. The maximum Gasteiger partial charge on any atom is 0.149 e. The average molecular weight is 226 g/mol. The molecule has 1 atom stereocenters. The summed E-state index contributed by atoms with van der Waals surface area (Å²) in [6.45, 7) is 0. The molecule has 0 N–H and O–H groups in total. The second-order valence-corrected chi connectivity index (χ2v) is 3.93. The van der Waals surface area contributed by atoms with Gasteiger partial charge in [0.05, 0.1) is 7.11 Å². The first-order valence-electron chi connectivity index (χ1n) is 4.55. The number of carbonyl (C=O) groups excluding carboxylic acids is 1. The molecule has 0 unspecified atom stereocenters. The summed E-state index contributed by atoms with van der Waals surface area (Å²) in [6, 6.07) is 7.70. The number of para-hydroxylation sites is 1. The molecule has 1 rings (SSSR count). The summed E-state index contributed by atoms with van der Waals surface area (Å²) >= 11 is 1.55. The van der Waals surface area contributed by atoms with Crippen LogP contribution >= 0.6 is 11.8 Å².